The van der Waals surface area contributed by atoms with Gasteiger partial charge in [-0.15, -0.1) is 0 Å². The lowest BCUT2D eigenvalue weighted by Gasteiger charge is -1.98. The highest BCUT2D eigenvalue weighted by Gasteiger charge is 2.00. The van der Waals surface area contributed by atoms with E-state index in [2.05, 4.69) is 0 Å². The zero-order valence-corrected chi connectivity index (χ0v) is 8.02. The molecule has 0 fully saturated rings. The second-order valence-corrected chi connectivity index (χ2v) is 3.45. The molecule has 7 nitrogen and oxygen atoms in total. The minimum Gasteiger partial charge on any atom is -0.481 e. The standard InChI is InChI=1S/C5H11NO2.H3O4P/c1-4(6)2-3-5(7)8;1-5(2,3)4/h4H,2-3,6H2,1H3,(H,7,8);(H3,1,2,3,4). The van der Waals surface area contributed by atoms with Crippen molar-refractivity contribution in [3.8, 4) is 0 Å². The van der Waals surface area contributed by atoms with E-state index in [4.69, 9.17) is 30.1 Å². The van der Waals surface area contributed by atoms with Crippen molar-refractivity contribution in [1.82, 2.24) is 0 Å². The highest BCUT2D eigenvalue weighted by atomic mass is 31.2. The molecule has 0 heterocycles. The highest BCUT2D eigenvalue weighted by molar-refractivity contribution is 7.45. The molecule has 8 heteroatoms. The molecule has 1 atom stereocenters. The van der Waals surface area contributed by atoms with Crippen molar-refractivity contribution < 1.29 is 29.1 Å². The number of aliphatic carboxylic acids is 1. The van der Waals surface area contributed by atoms with Crippen molar-refractivity contribution in [3.05, 3.63) is 0 Å². The molecule has 0 bridgehead atoms. The van der Waals surface area contributed by atoms with Gasteiger partial charge in [-0.1, -0.05) is 0 Å². The van der Waals surface area contributed by atoms with E-state index >= 15 is 0 Å². The Bertz CT molecular complexity index is 179. The third-order valence-corrected chi connectivity index (χ3v) is 0.814. The zero-order chi connectivity index (χ0) is 11.1. The lowest BCUT2D eigenvalue weighted by molar-refractivity contribution is -0.137. The number of hydrogen-bond acceptors (Lipinski definition) is 3. The van der Waals surface area contributed by atoms with Gasteiger partial charge in [0.25, 0.3) is 0 Å². The average Bonchev–Trinajstić information content (AvgIpc) is 1.79. The molecule has 0 spiro atoms. The fourth-order valence-electron chi connectivity index (χ4n) is 0.351. The van der Waals surface area contributed by atoms with Crippen LogP contribution in [-0.2, 0) is 9.36 Å². The van der Waals surface area contributed by atoms with Crippen LogP contribution in [-0.4, -0.2) is 31.8 Å². The molecule has 1 unspecified atom stereocenters. The van der Waals surface area contributed by atoms with Crippen molar-refractivity contribution in [2.75, 3.05) is 0 Å². The third-order valence-electron chi connectivity index (χ3n) is 0.814. The number of carboxylic acids is 1. The van der Waals surface area contributed by atoms with Crippen LogP contribution >= 0.6 is 7.82 Å². The average molecular weight is 215 g/mol. The molecule has 80 valence electrons. The molecule has 0 amide bonds. The Morgan fingerprint density at radius 3 is 1.85 bits per heavy atom. The van der Waals surface area contributed by atoms with E-state index in [1.54, 1.807) is 6.92 Å². The molecule has 0 aromatic heterocycles. The molecule has 0 aromatic rings. The zero-order valence-electron chi connectivity index (χ0n) is 7.12. The van der Waals surface area contributed by atoms with Crippen LogP contribution in [0.3, 0.4) is 0 Å². The van der Waals surface area contributed by atoms with Crippen LogP contribution in [0.25, 0.3) is 0 Å². The lowest BCUT2D eigenvalue weighted by atomic mass is 10.2. The van der Waals surface area contributed by atoms with Gasteiger partial charge in [0.15, 0.2) is 0 Å². The van der Waals surface area contributed by atoms with Gasteiger partial charge in [-0.2, -0.15) is 0 Å². The van der Waals surface area contributed by atoms with Crippen LogP contribution < -0.4 is 5.73 Å². The first-order valence-corrected chi connectivity index (χ1v) is 4.95. The van der Waals surface area contributed by atoms with Gasteiger partial charge in [-0.25, -0.2) is 4.57 Å². The number of carboxylic acid groups (broad SMARTS) is 1. The van der Waals surface area contributed by atoms with E-state index < -0.39 is 13.8 Å². The molecule has 0 aliphatic rings. The van der Waals surface area contributed by atoms with Gasteiger partial charge in [0.05, 0.1) is 0 Å². The summed E-state index contributed by atoms with van der Waals surface area (Å²) in [6, 6.07) is 0.00565. The Morgan fingerprint density at radius 2 is 1.77 bits per heavy atom. The quantitative estimate of drug-likeness (QED) is 0.390. The first kappa shape index (κ1) is 15.0. The summed E-state index contributed by atoms with van der Waals surface area (Å²) in [5, 5.41) is 8.11. The summed E-state index contributed by atoms with van der Waals surface area (Å²) < 4.78 is 8.88. The molecular weight excluding hydrogens is 201 g/mol. The van der Waals surface area contributed by atoms with Crippen molar-refractivity contribution in [2.45, 2.75) is 25.8 Å². The normalized spacial score (nSPS) is 12.7. The summed E-state index contributed by atoms with van der Waals surface area (Å²) in [5.41, 5.74) is 5.28. The maximum atomic E-state index is 9.85. The Kier molecular flexibility index (Phi) is 8.09. The van der Waals surface area contributed by atoms with E-state index in [9.17, 15) is 4.79 Å². The van der Waals surface area contributed by atoms with Crippen molar-refractivity contribution in [2.24, 2.45) is 5.73 Å². The largest absolute Gasteiger partial charge is 0.481 e. The molecule has 0 radical (unpaired) electrons. The number of rotatable bonds is 3. The monoisotopic (exact) mass is 215 g/mol. The second kappa shape index (κ2) is 6.99. The summed E-state index contributed by atoms with van der Waals surface area (Å²) in [6.45, 7) is 1.79. The molecule has 0 aromatic carbocycles. The fraction of sp³-hybridized carbons (Fsp3) is 0.800. The molecule has 0 saturated carbocycles. The smallest absolute Gasteiger partial charge is 0.466 e. The van der Waals surface area contributed by atoms with E-state index in [1.807, 2.05) is 0 Å². The maximum Gasteiger partial charge on any atom is 0.466 e. The van der Waals surface area contributed by atoms with Crippen LogP contribution in [0.15, 0.2) is 0 Å². The minimum absolute atomic E-state index is 0.00565. The Hall–Kier alpha value is -0.460. The number of carbonyl (C=O) groups is 1. The van der Waals surface area contributed by atoms with Crippen molar-refractivity contribution in [3.63, 3.8) is 0 Å². The van der Waals surface area contributed by atoms with E-state index in [1.165, 1.54) is 0 Å². The van der Waals surface area contributed by atoms with Gasteiger partial charge < -0.3 is 25.5 Å². The van der Waals surface area contributed by atoms with Crippen LogP contribution in [0.1, 0.15) is 19.8 Å². The van der Waals surface area contributed by atoms with Gasteiger partial charge >= 0.3 is 13.8 Å². The summed E-state index contributed by atoms with van der Waals surface area (Å²) >= 11 is 0. The lowest BCUT2D eigenvalue weighted by Crippen LogP contribution is -2.15. The number of phosphoric acid groups is 1. The maximum absolute atomic E-state index is 9.85. The molecule has 13 heavy (non-hydrogen) atoms. The van der Waals surface area contributed by atoms with Gasteiger partial charge in [0.2, 0.25) is 0 Å². The van der Waals surface area contributed by atoms with Gasteiger partial charge in [0, 0.05) is 12.5 Å². The minimum atomic E-state index is -4.64. The van der Waals surface area contributed by atoms with Gasteiger partial charge in [-0.05, 0) is 13.3 Å². The highest BCUT2D eigenvalue weighted by Crippen LogP contribution is 2.25. The van der Waals surface area contributed by atoms with E-state index in [-0.39, 0.29) is 12.5 Å². The fourth-order valence-corrected chi connectivity index (χ4v) is 0.351. The molecule has 0 aliphatic heterocycles. The summed E-state index contributed by atoms with van der Waals surface area (Å²) in [6.07, 6.45) is 0.743. The molecule has 0 saturated heterocycles. The van der Waals surface area contributed by atoms with Gasteiger partial charge in [-0.3, -0.25) is 4.79 Å². The SMILES string of the molecule is CC(N)CCC(=O)O.O=P(O)(O)O. The number of hydrogen-bond donors (Lipinski definition) is 5. The first-order chi connectivity index (χ1) is 5.63. The van der Waals surface area contributed by atoms with Crippen LogP contribution in [0.2, 0.25) is 0 Å². The van der Waals surface area contributed by atoms with Crippen molar-refractivity contribution >= 4 is 13.8 Å². The summed E-state index contributed by atoms with van der Waals surface area (Å²) in [4.78, 5) is 31.4. The second-order valence-electron chi connectivity index (χ2n) is 2.42. The summed E-state index contributed by atoms with van der Waals surface area (Å²) in [5.74, 6) is -0.776. The molecule has 6 N–H and O–H groups in total. The van der Waals surface area contributed by atoms with E-state index in [0.717, 1.165) is 0 Å². The number of nitrogens with two attached hydrogens (primary N) is 1. The Balaban J connectivity index is 0. The Morgan fingerprint density at radius 1 is 1.46 bits per heavy atom. The van der Waals surface area contributed by atoms with Gasteiger partial charge in [0.1, 0.15) is 0 Å². The molecular formula is C5H14NO6P. The summed E-state index contributed by atoms with van der Waals surface area (Å²) in [7, 11) is -4.64. The van der Waals surface area contributed by atoms with Crippen LogP contribution in [0.4, 0.5) is 0 Å². The predicted octanol–water partition coefficient (Wildman–Crippen LogP) is -0.730. The van der Waals surface area contributed by atoms with E-state index in [0.29, 0.717) is 6.42 Å². The third kappa shape index (κ3) is 51.0. The molecule has 0 aliphatic carbocycles. The Labute approximate surface area is 75.4 Å². The first-order valence-electron chi connectivity index (χ1n) is 3.38. The predicted molar refractivity (Wildman–Crippen MR) is 44.8 cm³/mol. The molecule has 0 rings (SSSR count). The van der Waals surface area contributed by atoms with Crippen LogP contribution in [0, 0.1) is 0 Å². The topological polar surface area (TPSA) is 141 Å². The van der Waals surface area contributed by atoms with Crippen LogP contribution in [0.5, 0.6) is 0 Å². The van der Waals surface area contributed by atoms with Crippen molar-refractivity contribution in [1.29, 1.82) is 0 Å².